The lowest BCUT2D eigenvalue weighted by atomic mass is 9.64. The Kier molecular flexibility index (Phi) is 9.76. The van der Waals surface area contributed by atoms with E-state index in [0.717, 1.165) is 11.1 Å². The fourth-order valence-electron chi connectivity index (χ4n) is 5.62. The summed E-state index contributed by atoms with van der Waals surface area (Å²) < 4.78 is 29.4. The Labute approximate surface area is 237 Å². The summed E-state index contributed by atoms with van der Waals surface area (Å²) in [6.45, 7) is 8.11. The van der Waals surface area contributed by atoms with Crippen LogP contribution in [0, 0.1) is 16.7 Å². The highest BCUT2D eigenvalue weighted by Gasteiger charge is 2.61. The predicted octanol–water partition coefficient (Wildman–Crippen LogP) is -2.86. The van der Waals surface area contributed by atoms with Crippen molar-refractivity contribution in [3.8, 4) is 0 Å². The number of carbonyl (C=O) groups excluding carboxylic acids is 1. The molecule has 1 heterocycles. The van der Waals surface area contributed by atoms with Crippen molar-refractivity contribution >= 4 is 15.8 Å². The molecule has 2 fully saturated rings. The van der Waals surface area contributed by atoms with Crippen LogP contribution in [0.25, 0.3) is 0 Å². The summed E-state index contributed by atoms with van der Waals surface area (Å²) in [5.41, 5.74) is 5.56. The Hall–Kier alpha value is -0.600. The summed E-state index contributed by atoms with van der Waals surface area (Å²) in [6, 6.07) is 19.0. The maximum absolute atomic E-state index is 14.0. The zero-order valence-corrected chi connectivity index (χ0v) is 25.2. The monoisotopic (exact) mass is 710 g/mol. The second-order valence-corrected chi connectivity index (χ2v) is 11.7. The van der Waals surface area contributed by atoms with Crippen LogP contribution in [-0.2, 0) is 14.8 Å². The summed E-state index contributed by atoms with van der Waals surface area (Å²) in [5, 5.41) is 0. The molecule has 4 atom stereocenters. The van der Waals surface area contributed by atoms with Gasteiger partial charge in [0.2, 0.25) is 0 Å². The molecule has 188 valence electrons. The molecule has 4 rings (SSSR count). The van der Waals surface area contributed by atoms with Crippen molar-refractivity contribution in [3.05, 3.63) is 71.8 Å². The Morgan fingerprint density at radius 1 is 1.00 bits per heavy atom. The van der Waals surface area contributed by atoms with Crippen molar-refractivity contribution in [3.63, 3.8) is 0 Å². The van der Waals surface area contributed by atoms with Crippen molar-refractivity contribution < 1.29 is 66.7 Å². The van der Waals surface area contributed by atoms with Gasteiger partial charge in [0.25, 0.3) is 10.0 Å². The van der Waals surface area contributed by atoms with Crippen molar-refractivity contribution in [1.82, 2.24) is 9.84 Å². The van der Waals surface area contributed by atoms with E-state index in [9.17, 15) is 13.2 Å². The van der Waals surface area contributed by atoms with Gasteiger partial charge in [0.15, 0.2) is 0 Å². The number of nitrogens with one attached hydrogen (secondary N) is 1. The molecule has 2 aromatic carbocycles. The third-order valence-electron chi connectivity index (χ3n) is 8.12. The maximum Gasteiger partial charge on any atom is 0.259 e. The summed E-state index contributed by atoms with van der Waals surface area (Å²) in [6.07, 6.45) is 0.953. The predicted molar refractivity (Wildman–Crippen MR) is 124 cm³/mol. The molecule has 1 aliphatic heterocycles. The molecule has 2 unspecified atom stereocenters. The Morgan fingerprint density at radius 2 is 1.53 bits per heavy atom. The zero-order valence-electron chi connectivity index (χ0n) is 20.0. The molecule has 2 aliphatic rings. The largest absolute Gasteiger partial charge is 1.00 e. The number of nitrogens with two attached hydrogens (primary N) is 1. The number of rotatable bonds is 6. The third kappa shape index (κ3) is 4.97. The molecule has 0 amide bonds. The van der Waals surface area contributed by atoms with Crippen LogP contribution in [-0.4, -0.2) is 24.4 Å². The van der Waals surface area contributed by atoms with Crippen LogP contribution in [0.4, 0.5) is 0 Å². The van der Waals surface area contributed by atoms with Crippen molar-refractivity contribution in [2.24, 2.45) is 16.7 Å². The molecule has 2 aromatic rings. The van der Waals surface area contributed by atoms with E-state index in [1.54, 1.807) is 5.53 Å². The highest BCUT2D eigenvalue weighted by atomic mass is 127. The summed E-state index contributed by atoms with van der Waals surface area (Å²) >= 11 is 0. The van der Waals surface area contributed by atoms with Crippen LogP contribution in [0.1, 0.15) is 63.7 Å². The minimum Gasteiger partial charge on any atom is -1.00 e. The summed E-state index contributed by atoms with van der Waals surface area (Å²) in [7, 11) is -3.79. The second kappa shape index (κ2) is 11.2. The van der Waals surface area contributed by atoms with E-state index in [0.29, 0.717) is 12.8 Å². The first kappa shape index (κ1) is 29.6. The fraction of sp³-hybridized carbons (Fsp3) is 0.480. The van der Waals surface area contributed by atoms with E-state index in [4.69, 9.17) is 0 Å². The number of halogens is 2. The van der Waals surface area contributed by atoms with Crippen LogP contribution in [0.15, 0.2) is 60.7 Å². The van der Waals surface area contributed by atoms with Crippen LogP contribution in [0.5, 0.6) is 0 Å². The van der Waals surface area contributed by atoms with Gasteiger partial charge < -0.3 is 48.0 Å². The highest BCUT2D eigenvalue weighted by Crippen LogP contribution is 2.56. The van der Waals surface area contributed by atoms with Crippen molar-refractivity contribution in [2.45, 2.75) is 52.6 Å². The number of benzene rings is 2. The number of nitrogens with zero attached hydrogens (tertiary/aromatic N) is 1. The Balaban J connectivity index is 0.00000204. The SMILES string of the molecule is CC[C@]1(CS(=O)(=O)N2[NH2+]NC(c3ccccc3)[C@H]2c2ccccc2)C(=O)CC(C)C1(C)C.[I-].[I-]. The van der Waals surface area contributed by atoms with Gasteiger partial charge in [-0.3, -0.25) is 4.79 Å². The standard InChI is InChI=1S/C25H33N3O3S.2HI/c1-5-25(21(29)16-18(2)24(25,3)4)17-32(30,31)28-23(20-14-10-7-11-15-20)22(26-27-28)19-12-8-6-9-13-19;;/h6-15,18,22-23,26-27H,5,16-17H2,1-4H3;2*1H/p-1/t18?,22?,23-,25+;;/m1../s1. The van der Waals surface area contributed by atoms with Crippen LogP contribution in [0.3, 0.4) is 0 Å². The lowest BCUT2D eigenvalue weighted by molar-refractivity contribution is -0.807. The van der Waals surface area contributed by atoms with Crippen molar-refractivity contribution in [1.29, 1.82) is 0 Å². The van der Waals surface area contributed by atoms with Crippen molar-refractivity contribution in [2.75, 3.05) is 5.75 Å². The smallest absolute Gasteiger partial charge is 0.259 e. The fourth-order valence-corrected chi connectivity index (χ4v) is 7.94. The molecule has 1 aliphatic carbocycles. The van der Waals surface area contributed by atoms with E-state index < -0.39 is 21.5 Å². The lowest BCUT2D eigenvalue weighted by Gasteiger charge is -2.41. The molecule has 6 nitrogen and oxygen atoms in total. The number of quaternary nitrogens is 1. The van der Waals surface area contributed by atoms with E-state index >= 15 is 0 Å². The molecule has 0 aromatic heterocycles. The topological polar surface area (TPSA) is 83.1 Å². The summed E-state index contributed by atoms with van der Waals surface area (Å²) in [5.74, 6) is 0.0484. The van der Waals surface area contributed by atoms with Gasteiger partial charge >= 0.3 is 0 Å². The van der Waals surface area contributed by atoms with Gasteiger partial charge in [-0.15, -0.1) is 5.43 Å². The first-order valence-corrected chi connectivity index (χ1v) is 13.0. The molecule has 0 spiro atoms. The highest BCUT2D eigenvalue weighted by molar-refractivity contribution is 7.89. The second-order valence-electron chi connectivity index (χ2n) is 9.81. The van der Waals surface area contributed by atoms with Crippen LogP contribution < -0.4 is 58.9 Å². The van der Waals surface area contributed by atoms with E-state index in [1.807, 2.05) is 67.6 Å². The van der Waals surface area contributed by atoms with Gasteiger partial charge in [-0.25, -0.2) is 8.42 Å². The Bertz CT molecular complexity index is 1080. The maximum atomic E-state index is 14.0. The molecule has 0 bridgehead atoms. The molecule has 0 radical (unpaired) electrons. The first-order chi connectivity index (χ1) is 15.1. The van der Waals surface area contributed by atoms with Crippen LogP contribution in [0.2, 0.25) is 0 Å². The Morgan fingerprint density at radius 3 is 2.00 bits per heavy atom. The zero-order chi connectivity index (χ0) is 23.1. The number of hydrogen-bond donors (Lipinski definition) is 2. The van der Waals surface area contributed by atoms with E-state index in [2.05, 4.69) is 26.2 Å². The van der Waals surface area contributed by atoms with Gasteiger partial charge in [-0.1, -0.05) is 88.4 Å². The van der Waals surface area contributed by atoms with Gasteiger partial charge in [-0.2, -0.15) is 5.53 Å². The molecule has 34 heavy (non-hydrogen) atoms. The molecule has 1 saturated heterocycles. The molecule has 3 N–H and O–H groups in total. The quantitative estimate of drug-likeness (QED) is 0.250. The first-order valence-electron chi connectivity index (χ1n) is 11.4. The molecule has 9 heteroatoms. The van der Waals surface area contributed by atoms with Gasteiger partial charge in [0.1, 0.15) is 17.9 Å². The minimum absolute atomic E-state index is 0. The van der Waals surface area contributed by atoms with Gasteiger partial charge in [0, 0.05) is 11.8 Å². The molecular formula is C25H34I2N3O3S-. The normalized spacial score (nSPS) is 28.8. The van der Waals surface area contributed by atoms with Gasteiger partial charge in [0.05, 0.1) is 5.75 Å². The average Bonchev–Trinajstić information content (AvgIpc) is 3.30. The van der Waals surface area contributed by atoms with E-state index in [-0.39, 0.29) is 76.9 Å². The number of carbonyl (C=O) groups is 1. The third-order valence-corrected chi connectivity index (χ3v) is 9.95. The lowest BCUT2D eigenvalue weighted by Crippen LogP contribution is -3.00. The van der Waals surface area contributed by atoms with E-state index in [1.165, 1.54) is 4.41 Å². The number of Topliss-reactive ketones (excluding diaryl/α,β-unsaturated/α-hetero) is 1. The minimum atomic E-state index is -3.79. The number of sulfonamides is 1. The van der Waals surface area contributed by atoms with Gasteiger partial charge in [-0.05, 0) is 33.3 Å². The number of hydrogen-bond acceptors (Lipinski definition) is 4. The average molecular weight is 710 g/mol. The summed E-state index contributed by atoms with van der Waals surface area (Å²) in [4.78, 5) is 13.2. The van der Waals surface area contributed by atoms with Crippen LogP contribution >= 0.6 is 0 Å². The molecular weight excluding hydrogens is 676 g/mol. The molecule has 1 saturated carbocycles. The number of ketones is 1.